The summed E-state index contributed by atoms with van der Waals surface area (Å²) >= 11 is 1.77. The molecule has 2 heterocycles. The summed E-state index contributed by atoms with van der Waals surface area (Å²) in [6, 6.07) is 20.8. The van der Waals surface area contributed by atoms with Crippen LogP contribution in [0.1, 0.15) is 17.0 Å². The van der Waals surface area contributed by atoms with E-state index in [1.165, 1.54) is 15.4 Å². The van der Waals surface area contributed by atoms with Crippen molar-refractivity contribution < 1.29 is 0 Å². The van der Waals surface area contributed by atoms with E-state index in [-0.39, 0.29) is 0 Å². The number of nitrogens with zero attached hydrogens (tertiary/aromatic N) is 2. The molecule has 2 aromatic carbocycles. The van der Waals surface area contributed by atoms with Gasteiger partial charge >= 0.3 is 0 Å². The van der Waals surface area contributed by atoms with Gasteiger partial charge in [-0.1, -0.05) is 36.0 Å². The summed E-state index contributed by atoms with van der Waals surface area (Å²) in [6.45, 7) is 0.859. The van der Waals surface area contributed by atoms with E-state index in [2.05, 4.69) is 63.0 Å². The van der Waals surface area contributed by atoms with E-state index in [1.807, 2.05) is 37.4 Å². The summed E-state index contributed by atoms with van der Waals surface area (Å²) in [5.41, 5.74) is 4.17. The Morgan fingerprint density at radius 3 is 2.78 bits per heavy atom. The maximum Gasteiger partial charge on any atom is 0.0928 e. The lowest BCUT2D eigenvalue weighted by Crippen LogP contribution is -2.05. The number of benzene rings is 2. The van der Waals surface area contributed by atoms with Crippen molar-refractivity contribution in [3.63, 3.8) is 0 Å². The maximum absolute atomic E-state index is 4.45. The van der Waals surface area contributed by atoms with Gasteiger partial charge in [0.25, 0.3) is 0 Å². The molecule has 27 heavy (non-hydrogen) atoms. The molecule has 134 valence electrons. The number of hydrogen-bond donors (Lipinski definition) is 2. The fraction of sp³-hybridized carbons (Fsp3) is 0.0909. The number of nitrogens with one attached hydrogen (secondary N) is 2. The van der Waals surface area contributed by atoms with Crippen LogP contribution in [0.4, 0.5) is 0 Å². The second-order valence-corrected chi connectivity index (χ2v) is 7.26. The van der Waals surface area contributed by atoms with E-state index in [4.69, 9.17) is 0 Å². The van der Waals surface area contributed by atoms with Gasteiger partial charge in [0.2, 0.25) is 0 Å². The summed E-state index contributed by atoms with van der Waals surface area (Å²) in [4.78, 5) is 6.76. The molecule has 4 aromatic rings. The molecule has 0 amide bonds. The zero-order chi connectivity index (χ0) is 18.5. The Kier molecular flexibility index (Phi) is 5.32. The molecule has 0 aliphatic heterocycles. The van der Waals surface area contributed by atoms with Crippen LogP contribution in [0, 0.1) is 0 Å². The number of H-pyrrole nitrogens is 1. The first-order chi connectivity index (χ1) is 13.3. The SMILES string of the molecule is CNCc1ccccc1Sc1ccc2c(/C=C/c3ccccn3)n[nH]c2c1. The molecular weight excluding hydrogens is 352 g/mol. The third-order valence-electron chi connectivity index (χ3n) is 4.23. The van der Waals surface area contributed by atoms with Crippen LogP contribution in [0.25, 0.3) is 23.1 Å². The first-order valence-electron chi connectivity index (χ1n) is 8.81. The normalized spacial score (nSPS) is 11.4. The van der Waals surface area contributed by atoms with Crippen LogP contribution in [0.2, 0.25) is 0 Å². The van der Waals surface area contributed by atoms with Crippen molar-refractivity contribution in [3.8, 4) is 0 Å². The van der Waals surface area contributed by atoms with Gasteiger partial charge in [-0.05, 0) is 61.2 Å². The first-order valence-corrected chi connectivity index (χ1v) is 9.63. The Balaban J connectivity index is 1.58. The quantitative estimate of drug-likeness (QED) is 0.500. The average molecular weight is 372 g/mol. The van der Waals surface area contributed by atoms with Gasteiger partial charge in [0, 0.05) is 27.9 Å². The Labute approximate surface area is 162 Å². The molecule has 4 rings (SSSR count). The van der Waals surface area contributed by atoms with E-state index >= 15 is 0 Å². The minimum Gasteiger partial charge on any atom is -0.316 e. The lowest BCUT2D eigenvalue weighted by molar-refractivity contribution is 0.803. The number of aromatic amines is 1. The van der Waals surface area contributed by atoms with Gasteiger partial charge < -0.3 is 5.32 Å². The molecule has 0 saturated heterocycles. The van der Waals surface area contributed by atoms with Crippen LogP contribution in [0.5, 0.6) is 0 Å². The van der Waals surface area contributed by atoms with E-state index in [1.54, 1.807) is 18.0 Å². The van der Waals surface area contributed by atoms with Crippen LogP contribution in [0.3, 0.4) is 0 Å². The number of pyridine rings is 1. The lowest BCUT2D eigenvalue weighted by atomic mass is 10.2. The monoisotopic (exact) mass is 372 g/mol. The molecular formula is C22H20N4S. The summed E-state index contributed by atoms with van der Waals surface area (Å²) < 4.78 is 0. The minimum atomic E-state index is 0.859. The first kappa shape index (κ1) is 17.5. The van der Waals surface area contributed by atoms with Gasteiger partial charge in [-0.15, -0.1) is 0 Å². The Bertz CT molecular complexity index is 1070. The molecule has 4 nitrogen and oxygen atoms in total. The van der Waals surface area contributed by atoms with Crippen molar-refractivity contribution in [2.24, 2.45) is 0 Å². The van der Waals surface area contributed by atoms with Crippen molar-refractivity contribution in [1.29, 1.82) is 0 Å². The molecule has 5 heteroatoms. The Morgan fingerprint density at radius 1 is 1.04 bits per heavy atom. The molecule has 0 fully saturated rings. The van der Waals surface area contributed by atoms with Gasteiger partial charge in [-0.25, -0.2) is 0 Å². The zero-order valence-electron chi connectivity index (χ0n) is 15.0. The van der Waals surface area contributed by atoms with Crippen LogP contribution in [0.15, 0.2) is 76.7 Å². The van der Waals surface area contributed by atoms with Crippen molar-refractivity contribution >= 4 is 34.8 Å². The van der Waals surface area contributed by atoms with Crippen LogP contribution in [-0.2, 0) is 6.54 Å². The molecule has 0 atom stereocenters. The third kappa shape index (κ3) is 4.10. The highest BCUT2D eigenvalue weighted by atomic mass is 32.2. The summed E-state index contributed by atoms with van der Waals surface area (Å²) in [5.74, 6) is 0. The lowest BCUT2D eigenvalue weighted by Gasteiger charge is -2.08. The molecule has 0 saturated carbocycles. The third-order valence-corrected chi connectivity index (χ3v) is 5.34. The summed E-state index contributed by atoms with van der Waals surface area (Å²) in [5, 5.41) is 11.9. The number of aromatic nitrogens is 3. The molecule has 0 aliphatic carbocycles. The van der Waals surface area contributed by atoms with Crippen LogP contribution >= 0.6 is 11.8 Å². The van der Waals surface area contributed by atoms with Gasteiger partial charge in [0.05, 0.1) is 16.9 Å². The van der Waals surface area contributed by atoms with E-state index < -0.39 is 0 Å². The highest BCUT2D eigenvalue weighted by Gasteiger charge is 2.07. The van der Waals surface area contributed by atoms with Crippen molar-refractivity contribution in [3.05, 3.63) is 83.8 Å². The smallest absolute Gasteiger partial charge is 0.0928 e. The molecule has 0 spiro atoms. The highest BCUT2D eigenvalue weighted by molar-refractivity contribution is 7.99. The topological polar surface area (TPSA) is 53.6 Å². The molecule has 0 aliphatic rings. The second-order valence-electron chi connectivity index (χ2n) is 6.14. The second kappa shape index (κ2) is 8.20. The van der Waals surface area contributed by atoms with Crippen molar-refractivity contribution in [1.82, 2.24) is 20.5 Å². The minimum absolute atomic E-state index is 0.859. The summed E-state index contributed by atoms with van der Waals surface area (Å²) in [6.07, 6.45) is 5.76. The maximum atomic E-state index is 4.45. The molecule has 0 unspecified atom stereocenters. The fourth-order valence-corrected chi connectivity index (χ4v) is 3.90. The van der Waals surface area contributed by atoms with E-state index in [0.717, 1.165) is 28.8 Å². The number of rotatable bonds is 6. The van der Waals surface area contributed by atoms with Gasteiger partial charge in [0.1, 0.15) is 0 Å². The molecule has 0 radical (unpaired) electrons. The van der Waals surface area contributed by atoms with Crippen molar-refractivity contribution in [2.45, 2.75) is 16.3 Å². The highest BCUT2D eigenvalue weighted by Crippen LogP contribution is 2.32. The van der Waals surface area contributed by atoms with Gasteiger partial charge in [0.15, 0.2) is 0 Å². The Hall–Kier alpha value is -2.89. The van der Waals surface area contributed by atoms with Crippen LogP contribution in [-0.4, -0.2) is 22.2 Å². The predicted octanol–water partition coefficient (Wildman–Crippen LogP) is 5.00. The van der Waals surface area contributed by atoms with E-state index in [9.17, 15) is 0 Å². The van der Waals surface area contributed by atoms with E-state index in [0.29, 0.717) is 0 Å². The largest absolute Gasteiger partial charge is 0.316 e. The van der Waals surface area contributed by atoms with Gasteiger partial charge in [-0.2, -0.15) is 5.10 Å². The number of hydrogen-bond acceptors (Lipinski definition) is 4. The molecule has 0 bridgehead atoms. The zero-order valence-corrected chi connectivity index (χ0v) is 15.8. The summed E-state index contributed by atoms with van der Waals surface area (Å²) in [7, 11) is 1.97. The van der Waals surface area contributed by atoms with Gasteiger partial charge in [-0.3, -0.25) is 10.1 Å². The standard InChI is InChI=1S/C22H20N4S/c1-23-15-16-6-2-3-8-22(16)27-18-10-11-19-20(25-26-21(19)14-18)12-9-17-7-4-5-13-24-17/h2-14,23H,15H2,1H3,(H,25,26)/b12-9+. The molecule has 2 aromatic heterocycles. The fourth-order valence-electron chi connectivity index (χ4n) is 2.92. The Morgan fingerprint density at radius 2 is 1.93 bits per heavy atom. The van der Waals surface area contributed by atoms with Crippen LogP contribution < -0.4 is 5.32 Å². The average Bonchev–Trinajstić information content (AvgIpc) is 3.11. The molecule has 2 N–H and O–H groups in total. The predicted molar refractivity (Wildman–Crippen MR) is 113 cm³/mol. The van der Waals surface area contributed by atoms with Crippen molar-refractivity contribution in [2.75, 3.05) is 7.05 Å². The number of fused-ring (bicyclic) bond motifs is 1.